The summed E-state index contributed by atoms with van der Waals surface area (Å²) in [5.41, 5.74) is 4.50. The van der Waals surface area contributed by atoms with Crippen LogP contribution in [0.15, 0.2) is 30.3 Å². The van der Waals surface area contributed by atoms with Crippen molar-refractivity contribution in [3.05, 3.63) is 63.0 Å². The van der Waals surface area contributed by atoms with Gasteiger partial charge < -0.3 is 29.8 Å². The fourth-order valence-corrected chi connectivity index (χ4v) is 4.45. The summed E-state index contributed by atoms with van der Waals surface area (Å²) in [6, 6.07) is 6.63. The van der Waals surface area contributed by atoms with E-state index in [2.05, 4.69) is 0 Å². The number of carbonyl (C=O) groups excluding carboxylic acids is 2. The van der Waals surface area contributed by atoms with Crippen molar-refractivity contribution in [1.82, 2.24) is 0 Å². The zero-order chi connectivity index (χ0) is 25.9. The number of ether oxygens (including phenoxy) is 4. The minimum absolute atomic E-state index is 0.0377. The lowest BCUT2D eigenvalue weighted by Crippen LogP contribution is -2.25. The first-order chi connectivity index (χ1) is 16.4. The van der Waals surface area contributed by atoms with Gasteiger partial charge >= 0.3 is 12.1 Å². The molecule has 1 aromatic heterocycles. The molecule has 0 aliphatic heterocycles. The SMILES string of the molecule is CC(C)(C)OC(=O)OCOC(=O)c1sc2cccc(Cl)c2c1COc1c(F)cc(C(N)O)cc1F. The van der Waals surface area contributed by atoms with Crippen LogP contribution in [0.3, 0.4) is 0 Å². The normalized spacial score (nSPS) is 12.3. The number of nitrogens with two attached hydrogens (primary N) is 1. The fraction of sp³-hybridized carbons (Fsp3) is 0.304. The highest BCUT2D eigenvalue weighted by Crippen LogP contribution is 2.38. The van der Waals surface area contributed by atoms with Gasteiger partial charge in [0, 0.05) is 26.2 Å². The van der Waals surface area contributed by atoms with Gasteiger partial charge in [0.25, 0.3) is 0 Å². The maximum absolute atomic E-state index is 14.4. The summed E-state index contributed by atoms with van der Waals surface area (Å²) in [5, 5.41) is 10.1. The first-order valence-electron chi connectivity index (χ1n) is 10.2. The summed E-state index contributed by atoms with van der Waals surface area (Å²) in [4.78, 5) is 24.4. The standard InChI is InChI=1S/C23H22ClF2NO7S/c1-23(2,3)34-22(30)33-10-32-21(29)19-12(17-13(24)5-4-6-16(17)35-19)9-31-18-14(25)7-11(20(27)28)8-15(18)26/h4-8,20,28H,9-10,27H2,1-3H3. The van der Waals surface area contributed by atoms with Crippen molar-refractivity contribution >= 4 is 45.1 Å². The Balaban J connectivity index is 1.83. The quantitative estimate of drug-likeness (QED) is 0.307. The van der Waals surface area contributed by atoms with Crippen LogP contribution in [0.2, 0.25) is 5.02 Å². The average Bonchev–Trinajstić information content (AvgIpc) is 3.11. The molecule has 1 unspecified atom stereocenters. The molecule has 0 saturated carbocycles. The van der Waals surface area contributed by atoms with Crippen LogP contribution in [-0.4, -0.2) is 29.6 Å². The van der Waals surface area contributed by atoms with Gasteiger partial charge in [-0.15, -0.1) is 11.3 Å². The number of benzene rings is 2. The molecule has 2 aromatic carbocycles. The van der Waals surface area contributed by atoms with E-state index in [1.807, 2.05) is 0 Å². The Labute approximate surface area is 208 Å². The average molecular weight is 530 g/mol. The Hall–Kier alpha value is -2.99. The number of aliphatic hydroxyl groups is 1. The second kappa shape index (κ2) is 10.7. The van der Waals surface area contributed by atoms with Crippen LogP contribution < -0.4 is 10.5 Å². The number of esters is 1. The molecule has 0 aliphatic rings. The van der Waals surface area contributed by atoms with Crippen LogP contribution in [0.4, 0.5) is 13.6 Å². The number of aliphatic hydroxyl groups excluding tert-OH is 1. The Morgan fingerprint density at radius 3 is 2.43 bits per heavy atom. The Morgan fingerprint density at radius 2 is 1.83 bits per heavy atom. The zero-order valence-corrected chi connectivity index (χ0v) is 20.5. The molecule has 0 bridgehead atoms. The molecule has 0 saturated heterocycles. The third-order valence-corrected chi connectivity index (χ3v) is 5.92. The predicted molar refractivity (Wildman–Crippen MR) is 124 cm³/mol. The van der Waals surface area contributed by atoms with E-state index in [4.69, 9.17) is 36.3 Å². The highest BCUT2D eigenvalue weighted by molar-refractivity contribution is 7.21. The third kappa shape index (κ3) is 6.57. The smallest absolute Gasteiger partial charge is 0.483 e. The zero-order valence-electron chi connectivity index (χ0n) is 18.9. The molecule has 1 heterocycles. The lowest BCUT2D eigenvalue weighted by atomic mass is 10.1. The van der Waals surface area contributed by atoms with E-state index >= 15 is 0 Å². The summed E-state index contributed by atoms with van der Waals surface area (Å²) >= 11 is 7.33. The van der Waals surface area contributed by atoms with Gasteiger partial charge in [-0.25, -0.2) is 18.4 Å². The van der Waals surface area contributed by atoms with Gasteiger partial charge in [0.15, 0.2) is 17.4 Å². The van der Waals surface area contributed by atoms with Gasteiger partial charge in [-0.2, -0.15) is 0 Å². The fourth-order valence-electron chi connectivity index (χ4n) is 2.98. The topological polar surface area (TPSA) is 117 Å². The maximum atomic E-state index is 14.4. The number of fused-ring (bicyclic) bond motifs is 1. The first kappa shape index (κ1) is 26.6. The lowest BCUT2D eigenvalue weighted by Gasteiger charge is -2.18. The number of hydrogen-bond donors (Lipinski definition) is 2. The van der Waals surface area contributed by atoms with Gasteiger partial charge in [-0.1, -0.05) is 17.7 Å². The minimum atomic E-state index is -1.57. The van der Waals surface area contributed by atoms with Crippen molar-refractivity contribution in [2.75, 3.05) is 6.79 Å². The van der Waals surface area contributed by atoms with Gasteiger partial charge in [0.2, 0.25) is 6.79 Å². The molecule has 35 heavy (non-hydrogen) atoms. The Kier molecular flexibility index (Phi) is 8.16. The molecule has 1 atom stereocenters. The molecular formula is C23H22ClF2NO7S. The highest BCUT2D eigenvalue weighted by Gasteiger charge is 2.24. The summed E-state index contributed by atoms with van der Waals surface area (Å²) in [5.74, 6) is -3.78. The maximum Gasteiger partial charge on any atom is 0.511 e. The van der Waals surface area contributed by atoms with E-state index in [1.165, 1.54) is 0 Å². The monoisotopic (exact) mass is 529 g/mol. The van der Waals surface area contributed by atoms with Crippen LogP contribution in [0.5, 0.6) is 5.75 Å². The molecule has 3 aromatic rings. The van der Waals surface area contributed by atoms with Gasteiger partial charge in [-0.05, 0) is 45.0 Å². The number of thiophene rings is 1. The van der Waals surface area contributed by atoms with E-state index in [1.54, 1.807) is 39.0 Å². The van der Waals surface area contributed by atoms with Crippen LogP contribution in [0.25, 0.3) is 10.1 Å². The third-order valence-electron chi connectivity index (χ3n) is 4.43. The number of carbonyl (C=O) groups is 2. The van der Waals surface area contributed by atoms with E-state index in [0.717, 1.165) is 23.5 Å². The molecule has 0 radical (unpaired) electrons. The highest BCUT2D eigenvalue weighted by atomic mass is 35.5. The van der Waals surface area contributed by atoms with Crippen LogP contribution in [0.1, 0.15) is 47.8 Å². The van der Waals surface area contributed by atoms with Crippen molar-refractivity contribution in [2.45, 2.75) is 39.2 Å². The van der Waals surface area contributed by atoms with Crippen LogP contribution >= 0.6 is 22.9 Å². The molecule has 12 heteroatoms. The summed E-state index contributed by atoms with van der Waals surface area (Å²) < 4.78 is 49.5. The molecule has 8 nitrogen and oxygen atoms in total. The molecule has 0 spiro atoms. The van der Waals surface area contributed by atoms with Crippen molar-refractivity contribution in [2.24, 2.45) is 5.73 Å². The van der Waals surface area contributed by atoms with E-state index in [9.17, 15) is 23.5 Å². The summed E-state index contributed by atoms with van der Waals surface area (Å²) in [7, 11) is 0. The molecule has 0 amide bonds. The van der Waals surface area contributed by atoms with Crippen molar-refractivity contribution in [3.63, 3.8) is 0 Å². The molecule has 3 N–H and O–H groups in total. The van der Waals surface area contributed by atoms with Gasteiger partial charge in [-0.3, -0.25) is 0 Å². The van der Waals surface area contributed by atoms with E-state index < -0.39 is 54.7 Å². The number of hydrogen-bond acceptors (Lipinski definition) is 9. The van der Waals surface area contributed by atoms with E-state index in [0.29, 0.717) is 10.1 Å². The Bertz CT molecular complexity index is 1230. The molecule has 0 fully saturated rings. The number of rotatable bonds is 7. The summed E-state index contributed by atoms with van der Waals surface area (Å²) in [6.07, 6.45) is -2.60. The van der Waals surface area contributed by atoms with Gasteiger partial charge in [0.1, 0.15) is 23.3 Å². The first-order valence-corrected chi connectivity index (χ1v) is 11.3. The lowest BCUT2D eigenvalue weighted by molar-refractivity contribution is -0.0523. The minimum Gasteiger partial charge on any atom is -0.483 e. The summed E-state index contributed by atoms with van der Waals surface area (Å²) in [6.45, 7) is 3.77. The van der Waals surface area contributed by atoms with Crippen LogP contribution in [-0.2, 0) is 20.8 Å². The molecular weight excluding hydrogens is 508 g/mol. The van der Waals surface area contributed by atoms with Crippen molar-refractivity contribution < 1.29 is 42.4 Å². The van der Waals surface area contributed by atoms with Crippen molar-refractivity contribution in [1.29, 1.82) is 0 Å². The molecule has 3 rings (SSSR count). The second-order valence-electron chi connectivity index (χ2n) is 8.23. The number of halogens is 3. The van der Waals surface area contributed by atoms with Gasteiger partial charge in [0.05, 0.1) is 0 Å². The van der Waals surface area contributed by atoms with E-state index in [-0.39, 0.29) is 21.0 Å². The Morgan fingerprint density at radius 1 is 1.17 bits per heavy atom. The molecule has 0 aliphatic carbocycles. The molecule has 188 valence electrons. The predicted octanol–water partition coefficient (Wildman–Crippen LogP) is 5.43. The second-order valence-corrected chi connectivity index (χ2v) is 9.69. The van der Waals surface area contributed by atoms with Crippen LogP contribution in [0, 0.1) is 11.6 Å². The van der Waals surface area contributed by atoms with Crippen molar-refractivity contribution in [3.8, 4) is 5.75 Å². The largest absolute Gasteiger partial charge is 0.511 e.